The molecule has 0 aliphatic rings. The number of anilines is 2. The van der Waals surface area contributed by atoms with E-state index in [1.807, 2.05) is 0 Å². The molecule has 2 aromatic rings. The number of halogens is 1. The van der Waals surface area contributed by atoms with Gasteiger partial charge in [-0.1, -0.05) is 11.6 Å². The molecule has 5 N–H and O–H groups in total. The van der Waals surface area contributed by atoms with E-state index in [1.165, 1.54) is 24.4 Å². The Bertz CT molecular complexity index is 688. The predicted molar refractivity (Wildman–Crippen MR) is 76.6 cm³/mol. The summed E-state index contributed by atoms with van der Waals surface area (Å²) < 4.78 is 0. The molecule has 0 saturated heterocycles. The number of hydrogen-bond donors (Lipinski definition) is 3. The van der Waals surface area contributed by atoms with Gasteiger partial charge in [-0.3, -0.25) is 9.59 Å². The van der Waals surface area contributed by atoms with Crippen LogP contribution >= 0.6 is 11.6 Å². The highest BCUT2D eigenvalue weighted by Crippen LogP contribution is 2.24. The van der Waals surface area contributed by atoms with Crippen molar-refractivity contribution in [1.82, 2.24) is 4.98 Å². The molecule has 1 aromatic carbocycles. The van der Waals surface area contributed by atoms with Crippen molar-refractivity contribution in [2.75, 3.05) is 11.1 Å². The van der Waals surface area contributed by atoms with Crippen molar-refractivity contribution in [2.45, 2.75) is 0 Å². The molecule has 0 aliphatic heterocycles. The Morgan fingerprint density at radius 1 is 1.25 bits per heavy atom. The molecular formula is C13H11ClN4O2. The van der Waals surface area contributed by atoms with Gasteiger partial charge in [0.05, 0.1) is 16.4 Å². The molecule has 20 heavy (non-hydrogen) atoms. The quantitative estimate of drug-likeness (QED) is 0.798. The Morgan fingerprint density at radius 2 is 2.00 bits per heavy atom. The highest BCUT2D eigenvalue weighted by molar-refractivity contribution is 6.34. The zero-order chi connectivity index (χ0) is 14.7. The Balaban J connectivity index is 2.30. The first-order valence-electron chi connectivity index (χ1n) is 5.60. The number of nitrogens with two attached hydrogens (primary N) is 2. The lowest BCUT2D eigenvalue weighted by atomic mass is 10.2. The van der Waals surface area contributed by atoms with Crippen LogP contribution in [0.25, 0.3) is 0 Å². The molecule has 1 aromatic heterocycles. The second kappa shape index (κ2) is 5.58. The van der Waals surface area contributed by atoms with Crippen LogP contribution in [0.1, 0.15) is 20.8 Å². The monoisotopic (exact) mass is 290 g/mol. The lowest BCUT2D eigenvalue weighted by molar-refractivity contribution is 0.0995. The van der Waals surface area contributed by atoms with Crippen LogP contribution in [-0.4, -0.2) is 16.8 Å². The molecule has 0 radical (unpaired) electrons. The largest absolute Gasteiger partial charge is 0.397 e. The fourth-order valence-electron chi connectivity index (χ4n) is 1.56. The number of primary amides is 1. The third-order valence-electron chi connectivity index (χ3n) is 2.55. The van der Waals surface area contributed by atoms with Crippen molar-refractivity contribution in [3.05, 3.63) is 52.8 Å². The molecule has 0 aliphatic carbocycles. The summed E-state index contributed by atoms with van der Waals surface area (Å²) >= 11 is 5.95. The maximum absolute atomic E-state index is 12.0. The number of amides is 2. The lowest BCUT2D eigenvalue weighted by Crippen LogP contribution is -2.17. The Hall–Kier alpha value is -2.60. The SMILES string of the molecule is NC(=O)c1ccc(Cl)c(NC(=O)c2ncccc2N)c1. The Kier molecular flexibility index (Phi) is 3.86. The lowest BCUT2D eigenvalue weighted by Gasteiger charge is -2.09. The van der Waals surface area contributed by atoms with Crippen molar-refractivity contribution < 1.29 is 9.59 Å². The summed E-state index contributed by atoms with van der Waals surface area (Å²) in [7, 11) is 0. The van der Waals surface area contributed by atoms with Gasteiger partial charge >= 0.3 is 0 Å². The molecule has 0 bridgehead atoms. The molecular weight excluding hydrogens is 280 g/mol. The van der Waals surface area contributed by atoms with Crippen LogP contribution in [0.4, 0.5) is 11.4 Å². The number of nitrogens with zero attached hydrogens (tertiary/aromatic N) is 1. The molecule has 0 unspecified atom stereocenters. The standard InChI is InChI=1S/C13H11ClN4O2/c14-8-4-3-7(12(16)19)6-10(8)18-13(20)11-9(15)2-1-5-17-11/h1-6H,15H2,(H2,16,19)(H,18,20). The minimum absolute atomic E-state index is 0.0769. The molecule has 0 spiro atoms. The first kappa shape index (κ1) is 13.8. The maximum atomic E-state index is 12.0. The molecule has 2 amide bonds. The summed E-state index contributed by atoms with van der Waals surface area (Å²) in [5, 5.41) is 2.82. The fraction of sp³-hybridized carbons (Fsp3) is 0. The van der Waals surface area contributed by atoms with Crippen molar-refractivity contribution in [2.24, 2.45) is 5.73 Å². The molecule has 2 rings (SSSR count). The second-order valence-electron chi connectivity index (χ2n) is 3.95. The number of carbonyl (C=O) groups excluding carboxylic acids is 2. The molecule has 0 fully saturated rings. The van der Waals surface area contributed by atoms with Crippen LogP contribution in [0.2, 0.25) is 5.02 Å². The van der Waals surface area contributed by atoms with Gasteiger partial charge in [-0.15, -0.1) is 0 Å². The third-order valence-corrected chi connectivity index (χ3v) is 2.88. The number of rotatable bonds is 3. The van der Waals surface area contributed by atoms with E-state index in [9.17, 15) is 9.59 Å². The van der Waals surface area contributed by atoms with Gasteiger partial charge in [0.2, 0.25) is 5.91 Å². The first-order chi connectivity index (χ1) is 9.49. The summed E-state index contributed by atoms with van der Waals surface area (Å²) in [5.74, 6) is -1.14. The van der Waals surface area contributed by atoms with E-state index in [0.29, 0.717) is 0 Å². The van der Waals surface area contributed by atoms with Crippen LogP contribution < -0.4 is 16.8 Å². The average molecular weight is 291 g/mol. The van der Waals surface area contributed by atoms with E-state index in [2.05, 4.69) is 10.3 Å². The topological polar surface area (TPSA) is 111 Å². The number of carbonyl (C=O) groups is 2. The maximum Gasteiger partial charge on any atom is 0.276 e. The van der Waals surface area contributed by atoms with E-state index >= 15 is 0 Å². The van der Waals surface area contributed by atoms with Crippen LogP contribution in [-0.2, 0) is 0 Å². The van der Waals surface area contributed by atoms with Crippen LogP contribution in [0, 0.1) is 0 Å². The minimum atomic E-state index is -0.616. The molecule has 102 valence electrons. The second-order valence-corrected chi connectivity index (χ2v) is 4.36. The molecule has 6 nitrogen and oxygen atoms in total. The van der Waals surface area contributed by atoms with Crippen molar-refractivity contribution in [3.63, 3.8) is 0 Å². The molecule has 0 atom stereocenters. The number of aromatic nitrogens is 1. The van der Waals surface area contributed by atoms with E-state index in [4.69, 9.17) is 23.1 Å². The van der Waals surface area contributed by atoms with E-state index in [0.717, 1.165) is 0 Å². The fourth-order valence-corrected chi connectivity index (χ4v) is 1.73. The van der Waals surface area contributed by atoms with Crippen molar-refractivity contribution >= 4 is 34.8 Å². The number of pyridine rings is 1. The predicted octanol–water partition coefficient (Wildman–Crippen LogP) is 1.67. The summed E-state index contributed by atoms with van der Waals surface area (Å²) in [5.41, 5.74) is 11.6. The van der Waals surface area contributed by atoms with Gasteiger partial charge < -0.3 is 16.8 Å². The number of nitrogens with one attached hydrogen (secondary N) is 1. The summed E-state index contributed by atoms with van der Waals surface area (Å²) in [6.07, 6.45) is 1.45. The minimum Gasteiger partial charge on any atom is -0.397 e. The van der Waals surface area contributed by atoms with E-state index in [-0.39, 0.29) is 27.7 Å². The number of nitrogen functional groups attached to an aromatic ring is 1. The third kappa shape index (κ3) is 2.86. The summed E-state index contributed by atoms with van der Waals surface area (Å²) in [6, 6.07) is 7.51. The highest BCUT2D eigenvalue weighted by Gasteiger charge is 2.13. The number of benzene rings is 1. The van der Waals surface area contributed by atoms with Gasteiger partial charge in [-0.2, -0.15) is 0 Å². The Labute approximate surface area is 119 Å². The number of hydrogen-bond acceptors (Lipinski definition) is 4. The normalized spacial score (nSPS) is 10.1. The van der Waals surface area contributed by atoms with Crippen LogP contribution in [0.3, 0.4) is 0 Å². The van der Waals surface area contributed by atoms with E-state index in [1.54, 1.807) is 12.1 Å². The van der Waals surface area contributed by atoms with Crippen molar-refractivity contribution in [1.29, 1.82) is 0 Å². The molecule has 7 heteroatoms. The van der Waals surface area contributed by atoms with Crippen LogP contribution in [0.5, 0.6) is 0 Å². The molecule has 1 heterocycles. The Morgan fingerprint density at radius 3 is 2.65 bits per heavy atom. The average Bonchev–Trinajstić information content (AvgIpc) is 2.41. The van der Waals surface area contributed by atoms with Gasteiger partial charge in [0, 0.05) is 11.8 Å². The molecule has 0 saturated carbocycles. The zero-order valence-electron chi connectivity index (χ0n) is 10.3. The summed E-state index contributed by atoms with van der Waals surface area (Å²) in [4.78, 5) is 27.0. The van der Waals surface area contributed by atoms with Gasteiger partial charge in [0.15, 0.2) is 5.69 Å². The van der Waals surface area contributed by atoms with Gasteiger partial charge in [-0.25, -0.2) is 4.98 Å². The first-order valence-corrected chi connectivity index (χ1v) is 5.98. The highest BCUT2D eigenvalue weighted by atomic mass is 35.5. The van der Waals surface area contributed by atoms with Gasteiger partial charge in [0.1, 0.15) is 0 Å². The van der Waals surface area contributed by atoms with Crippen LogP contribution in [0.15, 0.2) is 36.5 Å². The van der Waals surface area contributed by atoms with Gasteiger partial charge in [-0.05, 0) is 30.3 Å². The van der Waals surface area contributed by atoms with Crippen molar-refractivity contribution in [3.8, 4) is 0 Å². The summed E-state index contributed by atoms with van der Waals surface area (Å²) in [6.45, 7) is 0. The van der Waals surface area contributed by atoms with E-state index < -0.39 is 11.8 Å². The smallest absolute Gasteiger partial charge is 0.276 e. The van der Waals surface area contributed by atoms with Gasteiger partial charge in [0.25, 0.3) is 5.91 Å². The zero-order valence-corrected chi connectivity index (χ0v) is 11.0.